The van der Waals surface area contributed by atoms with Crippen LogP contribution in [0.25, 0.3) is 11.0 Å². The van der Waals surface area contributed by atoms with Crippen molar-refractivity contribution in [1.29, 1.82) is 0 Å². The minimum absolute atomic E-state index is 0.122. The van der Waals surface area contributed by atoms with Crippen molar-refractivity contribution in [2.75, 3.05) is 16.8 Å². The van der Waals surface area contributed by atoms with Crippen LogP contribution in [0.2, 0.25) is 0 Å². The number of nitrogens with one attached hydrogen (secondary N) is 2. The standard InChI is InChI=1S/C21H19N7O2/c1-3-18(29)28-12-8-13-15(28)5-4-6-16(13)30-20-14-7-10-22-19(14)24-21(25-20)23-17-9-11-27(2)26-17/h3-7,9-11H,1,8,12H2,2H3,(H2,22,23,24,25,26). The first-order valence-electron chi connectivity index (χ1n) is 9.48. The summed E-state index contributed by atoms with van der Waals surface area (Å²) in [5.74, 6) is 1.96. The fourth-order valence-corrected chi connectivity index (χ4v) is 3.58. The third kappa shape index (κ3) is 3.06. The molecule has 9 nitrogen and oxygen atoms in total. The van der Waals surface area contributed by atoms with Crippen molar-refractivity contribution >= 4 is 34.4 Å². The Morgan fingerprint density at radius 3 is 3.00 bits per heavy atom. The van der Waals surface area contributed by atoms with Gasteiger partial charge in [-0.2, -0.15) is 15.1 Å². The van der Waals surface area contributed by atoms with Gasteiger partial charge in [0.1, 0.15) is 11.4 Å². The first-order chi connectivity index (χ1) is 14.6. The summed E-state index contributed by atoms with van der Waals surface area (Å²) in [6.07, 6.45) is 5.64. The SMILES string of the molecule is C=CC(=O)N1CCc2c(Oc3nc(Nc4ccn(C)n4)nc4[nH]ccc34)cccc21. The lowest BCUT2D eigenvalue weighted by atomic mass is 10.1. The van der Waals surface area contributed by atoms with Crippen LogP contribution in [0.5, 0.6) is 11.6 Å². The van der Waals surface area contributed by atoms with E-state index in [0.717, 1.165) is 16.6 Å². The van der Waals surface area contributed by atoms with Gasteiger partial charge in [0.25, 0.3) is 0 Å². The van der Waals surface area contributed by atoms with Crippen LogP contribution in [-0.4, -0.2) is 37.2 Å². The van der Waals surface area contributed by atoms with E-state index < -0.39 is 0 Å². The number of nitrogens with zero attached hydrogens (tertiary/aromatic N) is 5. The van der Waals surface area contributed by atoms with Crippen LogP contribution >= 0.6 is 0 Å². The van der Waals surface area contributed by atoms with Crippen molar-refractivity contribution in [2.24, 2.45) is 7.05 Å². The summed E-state index contributed by atoms with van der Waals surface area (Å²) in [6.45, 7) is 4.18. The Labute approximate surface area is 172 Å². The zero-order valence-electron chi connectivity index (χ0n) is 16.3. The van der Waals surface area contributed by atoms with E-state index in [-0.39, 0.29) is 5.91 Å². The molecule has 4 heterocycles. The molecule has 150 valence electrons. The molecule has 2 N–H and O–H groups in total. The van der Waals surface area contributed by atoms with Gasteiger partial charge in [-0.25, -0.2) is 0 Å². The minimum Gasteiger partial charge on any atom is -0.438 e. The molecule has 1 aromatic carbocycles. The molecule has 1 amide bonds. The number of aromatic nitrogens is 5. The number of fused-ring (bicyclic) bond motifs is 2. The highest BCUT2D eigenvalue weighted by Gasteiger charge is 2.26. The summed E-state index contributed by atoms with van der Waals surface area (Å²) >= 11 is 0. The molecule has 0 saturated carbocycles. The van der Waals surface area contributed by atoms with Gasteiger partial charge in [-0.3, -0.25) is 9.48 Å². The Balaban J connectivity index is 1.52. The summed E-state index contributed by atoms with van der Waals surface area (Å²) in [4.78, 5) is 26.0. The first-order valence-corrected chi connectivity index (χ1v) is 9.48. The number of aryl methyl sites for hydroxylation is 1. The number of H-pyrrole nitrogens is 1. The molecule has 0 atom stereocenters. The van der Waals surface area contributed by atoms with Gasteiger partial charge >= 0.3 is 0 Å². The van der Waals surface area contributed by atoms with Crippen LogP contribution in [0.1, 0.15) is 5.56 Å². The summed E-state index contributed by atoms with van der Waals surface area (Å²) in [6, 6.07) is 9.36. The van der Waals surface area contributed by atoms with Crippen molar-refractivity contribution in [3.63, 3.8) is 0 Å². The number of carbonyl (C=O) groups is 1. The third-order valence-corrected chi connectivity index (χ3v) is 4.97. The van der Waals surface area contributed by atoms with Crippen LogP contribution < -0.4 is 15.0 Å². The van der Waals surface area contributed by atoms with E-state index in [1.165, 1.54) is 6.08 Å². The lowest BCUT2D eigenvalue weighted by Gasteiger charge is -2.16. The molecule has 0 unspecified atom stereocenters. The number of anilines is 3. The molecule has 0 aliphatic carbocycles. The van der Waals surface area contributed by atoms with Crippen molar-refractivity contribution in [3.8, 4) is 11.6 Å². The van der Waals surface area contributed by atoms with Crippen LogP contribution in [0.15, 0.2) is 55.4 Å². The number of amides is 1. The van der Waals surface area contributed by atoms with E-state index in [1.807, 2.05) is 43.6 Å². The summed E-state index contributed by atoms with van der Waals surface area (Å²) < 4.78 is 7.93. The average Bonchev–Trinajstić information content (AvgIpc) is 3.47. The second-order valence-electron chi connectivity index (χ2n) is 6.89. The quantitative estimate of drug-likeness (QED) is 0.498. The van der Waals surface area contributed by atoms with Crippen molar-refractivity contribution in [3.05, 3.63) is 60.9 Å². The summed E-state index contributed by atoms with van der Waals surface area (Å²) in [5.41, 5.74) is 2.45. The molecule has 3 aromatic heterocycles. The predicted molar refractivity (Wildman–Crippen MR) is 113 cm³/mol. The number of rotatable bonds is 5. The Kier molecular flexibility index (Phi) is 4.20. The van der Waals surface area contributed by atoms with Crippen LogP contribution in [0, 0.1) is 0 Å². The maximum Gasteiger partial charge on any atom is 0.250 e. The van der Waals surface area contributed by atoms with Crippen molar-refractivity contribution in [1.82, 2.24) is 24.7 Å². The zero-order valence-corrected chi connectivity index (χ0v) is 16.3. The first kappa shape index (κ1) is 17.9. The number of hydrogen-bond acceptors (Lipinski definition) is 6. The zero-order chi connectivity index (χ0) is 20.7. The predicted octanol–water partition coefficient (Wildman–Crippen LogP) is 3.30. The van der Waals surface area contributed by atoms with Gasteiger partial charge in [-0.1, -0.05) is 12.6 Å². The molecule has 5 rings (SSSR count). The Hall–Kier alpha value is -4.14. The molecule has 9 heteroatoms. The normalized spacial score (nSPS) is 12.8. The van der Waals surface area contributed by atoms with Crippen LogP contribution in [0.3, 0.4) is 0 Å². The topological polar surface area (TPSA) is 101 Å². The second-order valence-corrected chi connectivity index (χ2v) is 6.89. The highest BCUT2D eigenvalue weighted by Crippen LogP contribution is 2.38. The molecule has 0 spiro atoms. The van der Waals surface area contributed by atoms with Crippen molar-refractivity contribution in [2.45, 2.75) is 6.42 Å². The van der Waals surface area contributed by atoms with Crippen molar-refractivity contribution < 1.29 is 9.53 Å². The van der Waals surface area contributed by atoms with Gasteiger partial charge in [-0.15, -0.1) is 0 Å². The summed E-state index contributed by atoms with van der Waals surface area (Å²) in [5, 5.41) is 8.15. The van der Waals surface area contributed by atoms with Gasteiger partial charge in [0.15, 0.2) is 5.82 Å². The third-order valence-electron chi connectivity index (χ3n) is 4.97. The van der Waals surface area contributed by atoms with E-state index in [2.05, 4.69) is 31.9 Å². The molecule has 0 fully saturated rings. The van der Waals surface area contributed by atoms with E-state index in [0.29, 0.717) is 42.0 Å². The number of carbonyl (C=O) groups excluding carboxylic acids is 1. The van der Waals surface area contributed by atoms with E-state index in [4.69, 9.17) is 4.74 Å². The number of aromatic amines is 1. The average molecular weight is 401 g/mol. The molecular weight excluding hydrogens is 382 g/mol. The molecule has 0 radical (unpaired) electrons. The van der Waals surface area contributed by atoms with Gasteiger partial charge in [0.2, 0.25) is 17.7 Å². The van der Waals surface area contributed by atoms with E-state index in [1.54, 1.807) is 15.8 Å². The fourth-order valence-electron chi connectivity index (χ4n) is 3.58. The van der Waals surface area contributed by atoms with E-state index >= 15 is 0 Å². The molecule has 0 saturated heterocycles. The molecule has 1 aliphatic rings. The fraction of sp³-hybridized carbons (Fsp3) is 0.143. The Morgan fingerprint density at radius 2 is 2.20 bits per heavy atom. The Morgan fingerprint density at radius 1 is 1.30 bits per heavy atom. The molecule has 0 bridgehead atoms. The number of ether oxygens (including phenoxy) is 1. The van der Waals surface area contributed by atoms with Gasteiger partial charge in [0.05, 0.1) is 11.1 Å². The smallest absolute Gasteiger partial charge is 0.250 e. The maximum atomic E-state index is 12.1. The second kappa shape index (κ2) is 7.03. The molecular formula is C21H19N7O2. The highest BCUT2D eigenvalue weighted by molar-refractivity contribution is 6.02. The minimum atomic E-state index is -0.122. The molecule has 30 heavy (non-hydrogen) atoms. The van der Waals surface area contributed by atoms with Crippen LogP contribution in [0.4, 0.5) is 17.5 Å². The number of hydrogen-bond donors (Lipinski definition) is 2. The maximum absolute atomic E-state index is 12.1. The summed E-state index contributed by atoms with van der Waals surface area (Å²) in [7, 11) is 1.84. The molecule has 4 aromatic rings. The van der Waals surface area contributed by atoms with Gasteiger partial charge < -0.3 is 19.9 Å². The largest absolute Gasteiger partial charge is 0.438 e. The number of benzene rings is 1. The van der Waals surface area contributed by atoms with Crippen LogP contribution in [-0.2, 0) is 18.3 Å². The lowest BCUT2D eigenvalue weighted by molar-refractivity contribution is -0.114. The molecule has 1 aliphatic heterocycles. The lowest BCUT2D eigenvalue weighted by Crippen LogP contribution is -2.26. The van der Waals surface area contributed by atoms with Gasteiger partial charge in [-0.05, 0) is 30.7 Å². The highest BCUT2D eigenvalue weighted by atomic mass is 16.5. The monoisotopic (exact) mass is 401 g/mol. The van der Waals surface area contributed by atoms with Gasteiger partial charge in [0, 0.05) is 37.6 Å². The van der Waals surface area contributed by atoms with E-state index in [9.17, 15) is 4.79 Å². The Bertz CT molecular complexity index is 1270.